The molecular formula is C23H24N4O3S. The SMILES string of the molecule is COc1ccc(Cn2c(S[C@H](C)c3nc(C(C)C)no3)nc3ccccc3c2=O)cc1. The predicted molar refractivity (Wildman–Crippen MR) is 121 cm³/mol. The third kappa shape index (κ3) is 4.49. The maximum atomic E-state index is 13.3. The summed E-state index contributed by atoms with van der Waals surface area (Å²) in [6.07, 6.45) is 0. The van der Waals surface area contributed by atoms with E-state index in [-0.39, 0.29) is 16.7 Å². The molecule has 0 radical (unpaired) electrons. The van der Waals surface area contributed by atoms with Crippen molar-refractivity contribution in [2.24, 2.45) is 0 Å². The van der Waals surface area contributed by atoms with Gasteiger partial charge >= 0.3 is 0 Å². The van der Waals surface area contributed by atoms with E-state index in [1.807, 2.05) is 63.2 Å². The highest BCUT2D eigenvalue weighted by Gasteiger charge is 2.21. The second kappa shape index (κ2) is 8.93. The molecule has 4 aromatic rings. The second-order valence-corrected chi connectivity index (χ2v) is 8.86. The highest BCUT2D eigenvalue weighted by Crippen LogP contribution is 2.33. The molecule has 0 spiro atoms. The summed E-state index contributed by atoms with van der Waals surface area (Å²) in [7, 11) is 1.63. The van der Waals surface area contributed by atoms with Crippen molar-refractivity contribution in [3.05, 3.63) is 76.2 Å². The van der Waals surface area contributed by atoms with Gasteiger partial charge in [-0.1, -0.05) is 55.0 Å². The number of fused-ring (bicyclic) bond motifs is 1. The van der Waals surface area contributed by atoms with Crippen molar-refractivity contribution in [1.29, 1.82) is 0 Å². The number of para-hydroxylation sites is 1. The molecule has 31 heavy (non-hydrogen) atoms. The van der Waals surface area contributed by atoms with Crippen LogP contribution in [0.1, 0.15) is 49.2 Å². The Morgan fingerprint density at radius 1 is 1.06 bits per heavy atom. The first-order chi connectivity index (χ1) is 15.0. The van der Waals surface area contributed by atoms with E-state index in [0.717, 1.165) is 11.3 Å². The van der Waals surface area contributed by atoms with Gasteiger partial charge in [-0.25, -0.2) is 4.98 Å². The summed E-state index contributed by atoms with van der Waals surface area (Å²) in [4.78, 5) is 22.6. The fraction of sp³-hybridized carbons (Fsp3) is 0.304. The summed E-state index contributed by atoms with van der Waals surface area (Å²) in [6, 6.07) is 15.1. The average Bonchev–Trinajstić information content (AvgIpc) is 3.28. The molecule has 4 rings (SSSR count). The zero-order chi connectivity index (χ0) is 22.0. The van der Waals surface area contributed by atoms with Crippen LogP contribution in [0, 0.1) is 0 Å². The Kier molecular flexibility index (Phi) is 6.08. The maximum Gasteiger partial charge on any atom is 0.262 e. The highest BCUT2D eigenvalue weighted by atomic mass is 32.2. The van der Waals surface area contributed by atoms with E-state index in [0.29, 0.717) is 34.3 Å². The molecule has 0 unspecified atom stereocenters. The van der Waals surface area contributed by atoms with E-state index >= 15 is 0 Å². The molecule has 0 aliphatic heterocycles. The van der Waals surface area contributed by atoms with E-state index in [1.54, 1.807) is 17.7 Å². The van der Waals surface area contributed by atoms with Crippen molar-refractivity contribution in [1.82, 2.24) is 19.7 Å². The minimum Gasteiger partial charge on any atom is -0.497 e. The number of thioether (sulfide) groups is 1. The van der Waals surface area contributed by atoms with E-state index in [1.165, 1.54) is 11.8 Å². The average molecular weight is 437 g/mol. The first-order valence-corrected chi connectivity index (χ1v) is 11.0. The smallest absolute Gasteiger partial charge is 0.262 e. The van der Waals surface area contributed by atoms with Gasteiger partial charge in [0.05, 0.1) is 29.8 Å². The van der Waals surface area contributed by atoms with Gasteiger partial charge in [-0.3, -0.25) is 9.36 Å². The quantitative estimate of drug-likeness (QED) is 0.304. The number of hydrogen-bond acceptors (Lipinski definition) is 7. The van der Waals surface area contributed by atoms with Crippen LogP contribution in [0.15, 0.2) is 63.0 Å². The lowest BCUT2D eigenvalue weighted by molar-refractivity contribution is 0.372. The monoisotopic (exact) mass is 436 g/mol. The first-order valence-electron chi connectivity index (χ1n) is 10.1. The van der Waals surface area contributed by atoms with Gasteiger partial charge in [0.25, 0.3) is 5.56 Å². The molecule has 0 bridgehead atoms. The standard InChI is InChI=1S/C23H24N4O3S/c1-14(2)20-25-21(30-26-20)15(3)31-23-24-19-8-6-5-7-18(19)22(28)27(23)13-16-9-11-17(29-4)12-10-16/h5-12,14-15H,13H2,1-4H3/t15-/m1/s1. The van der Waals surface area contributed by atoms with E-state index in [2.05, 4.69) is 10.1 Å². The summed E-state index contributed by atoms with van der Waals surface area (Å²) in [6.45, 7) is 6.41. The molecule has 0 amide bonds. The number of aromatic nitrogens is 4. The minimum absolute atomic E-state index is 0.0792. The number of benzene rings is 2. The second-order valence-electron chi connectivity index (χ2n) is 7.56. The van der Waals surface area contributed by atoms with Crippen LogP contribution in [0.3, 0.4) is 0 Å². The van der Waals surface area contributed by atoms with Crippen LogP contribution in [0.5, 0.6) is 5.75 Å². The predicted octanol–water partition coefficient (Wildman–Crippen LogP) is 4.81. The number of rotatable bonds is 7. The molecule has 160 valence electrons. The zero-order valence-electron chi connectivity index (χ0n) is 17.9. The number of methoxy groups -OCH3 is 1. The number of nitrogens with zero attached hydrogens (tertiary/aromatic N) is 4. The largest absolute Gasteiger partial charge is 0.497 e. The van der Waals surface area contributed by atoms with Gasteiger partial charge in [0.1, 0.15) is 5.75 Å². The Labute approximate surface area is 184 Å². The summed E-state index contributed by atoms with van der Waals surface area (Å²) < 4.78 is 12.4. The van der Waals surface area contributed by atoms with Gasteiger partial charge in [0.2, 0.25) is 5.89 Å². The van der Waals surface area contributed by atoms with Crippen molar-refractivity contribution in [2.75, 3.05) is 7.11 Å². The normalized spacial score (nSPS) is 12.4. The Morgan fingerprint density at radius 2 is 1.81 bits per heavy atom. The molecule has 0 saturated carbocycles. The lowest BCUT2D eigenvalue weighted by Crippen LogP contribution is -2.24. The third-order valence-corrected chi connectivity index (χ3v) is 6.01. The number of ether oxygens (including phenoxy) is 1. The number of hydrogen-bond donors (Lipinski definition) is 0. The maximum absolute atomic E-state index is 13.3. The lowest BCUT2D eigenvalue weighted by atomic mass is 10.2. The van der Waals surface area contributed by atoms with Crippen molar-refractivity contribution < 1.29 is 9.26 Å². The first kappa shape index (κ1) is 21.1. The van der Waals surface area contributed by atoms with Crippen LogP contribution in [0.2, 0.25) is 0 Å². The summed E-state index contributed by atoms with van der Waals surface area (Å²) >= 11 is 1.44. The van der Waals surface area contributed by atoms with Gasteiger partial charge in [0, 0.05) is 5.92 Å². The molecular weight excluding hydrogens is 412 g/mol. The molecule has 0 fully saturated rings. The van der Waals surface area contributed by atoms with Gasteiger partial charge in [-0.2, -0.15) is 4.98 Å². The van der Waals surface area contributed by atoms with E-state index < -0.39 is 0 Å². The zero-order valence-corrected chi connectivity index (χ0v) is 18.7. The van der Waals surface area contributed by atoms with Crippen LogP contribution in [0.25, 0.3) is 10.9 Å². The van der Waals surface area contributed by atoms with Crippen molar-refractivity contribution in [2.45, 2.75) is 43.6 Å². The van der Waals surface area contributed by atoms with Crippen LogP contribution in [0.4, 0.5) is 0 Å². The van der Waals surface area contributed by atoms with Gasteiger partial charge in [-0.05, 0) is 36.8 Å². The van der Waals surface area contributed by atoms with Gasteiger partial charge in [0.15, 0.2) is 11.0 Å². The Balaban J connectivity index is 1.73. The lowest BCUT2D eigenvalue weighted by Gasteiger charge is -2.15. The molecule has 0 aliphatic carbocycles. The molecule has 1 atom stereocenters. The summed E-state index contributed by atoms with van der Waals surface area (Å²) in [5, 5.41) is 5.09. The molecule has 0 saturated heterocycles. The van der Waals surface area contributed by atoms with Crippen LogP contribution in [-0.4, -0.2) is 26.8 Å². The van der Waals surface area contributed by atoms with Crippen LogP contribution >= 0.6 is 11.8 Å². The molecule has 0 aliphatic rings. The molecule has 2 aromatic heterocycles. The van der Waals surface area contributed by atoms with Gasteiger partial charge < -0.3 is 9.26 Å². The molecule has 2 heterocycles. The molecule has 8 heteroatoms. The van der Waals surface area contributed by atoms with E-state index in [9.17, 15) is 4.79 Å². The van der Waals surface area contributed by atoms with E-state index in [4.69, 9.17) is 14.2 Å². The highest BCUT2D eigenvalue weighted by molar-refractivity contribution is 7.99. The van der Waals surface area contributed by atoms with Crippen molar-refractivity contribution in [3.8, 4) is 5.75 Å². The Hall–Kier alpha value is -3.13. The van der Waals surface area contributed by atoms with Crippen molar-refractivity contribution in [3.63, 3.8) is 0 Å². The Morgan fingerprint density at radius 3 is 2.48 bits per heavy atom. The molecule has 2 aromatic carbocycles. The summed E-state index contributed by atoms with van der Waals surface area (Å²) in [5.74, 6) is 2.15. The minimum atomic E-state index is -0.157. The van der Waals surface area contributed by atoms with Crippen molar-refractivity contribution >= 4 is 22.7 Å². The molecule has 7 nitrogen and oxygen atoms in total. The molecule has 0 N–H and O–H groups in total. The fourth-order valence-electron chi connectivity index (χ4n) is 3.15. The van der Waals surface area contributed by atoms with Crippen LogP contribution in [-0.2, 0) is 6.54 Å². The topological polar surface area (TPSA) is 83.0 Å². The summed E-state index contributed by atoms with van der Waals surface area (Å²) in [5.41, 5.74) is 1.57. The third-order valence-electron chi connectivity index (χ3n) is 4.93. The van der Waals surface area contributed by atoms with Crippen LogP contribution < -0.4 is 10.3 Å². The van der Waals surface area contributed by atoms with Gasteiger partial charge in [-0.15, -0.1) is 0 Å². The Bertz CT molecular complexity index is 1250. The fourth-order valence-corrected chi connectivity index (χ4v) is 4.08.